The number of nitrogens with one attached hydrogen (secondary N) is 1. The van der Waals surface area contributed by atoms with Crippen molar-refractivity contribution in [2.45, 2.75) is 31.7 Å². The largest absolute Gasteiger partial charge is 0.417 e. The van der Waals surface area contributed by atoms with Crippen molar-refractivity contribution in [2.24, 2.45) is 0 Å². The molecule has 19 heavy (non-hydrogen) atoms. The lowest BCUT2D eigenvalue weighted by Gasteiger charge is -2.14. The Bertz CT molecular complexity index is 419. The van der Waals surface area contributed by atoms with Crippen LogP contribution in [0.25, 0.3) is 0 Å². The molecule has 0 aliphatic carbocycles. The van der Waals surface area contributed by atoms with Gasteiger partial charge in [-0.15, -0.1) is 0 Å². The number of carbonyl (C=O) groups is 1. The molecular weight excluding hydrogens is 277 g/mol. The highest BCUT2D eigenvalue weighted by atomic mass is 28.2. The Balaban J connectivity index is 2.61. The van der Waals surface area contributed by atoms with Crippen molar-refractivity contribution in [1.82, 2.24) is 10.3 Å². The fourth-order valence-corrected chi connectivity index (χ4v) is 2.34. The van der Waals surface area contributed by atoms with Crippen LogP contribution >= 0.6 is 0 Å². The summed E-state index contributed by atoms with van der Waals surface area (Å²) in [5, 5.41) is 2.65. The van der Waals surface area contributed by atoms with E-state index >= 15 is 0 Å². The summed E-state index contributed by atoms with van der Waals surface area (Å²) >= 11 is 0. The second-order valence-electron chi connectivity index (χ2n) is 3.93. The minimum Gasteiger partial charge on any atom is -0.391 e. The minimum atomic E-state index is -4.45. The molecule has 0 saturated carbocycles. The minimum absolute atomic E-state index is 0.113. The summed E-state index contributed by atoms with van der Waals surface area (Å²) in [4.78, 5) is 14.9. The number of aromatic nitrogens is 1. The van der Waals surface area contributed by atoms with E-state index in [9.17, 15) is 18.0 Å². The van der Waals surface area contributed by atoms with Crippen LogP contribution in [0.3, 0.4) is 0 Å². The number of halogens is 3. The van der Waals surface area contributed by atoms with Crippen molar-refractivity contribution < 1.29 is 22.7 Å². The van der Waals surface area contributed by atoms with Gasteiger partial charge in [0, 0.05) is 27.4 Å². The van der Waals surface area contributed by atoms with Crippen LogP contribution in [0.4, 0.5) is 18.0 Å². The molecule has 0 saturated heterocycles. The molecule has 0 bridgehead atoms. The third kappa shape index (κ3) is 4.90. The Morgan fingerprint density at radius 2 is 2.21 bits per heavy atom. The van der Waals surface area contributed by atoms with Crippen molar-refractivity contribution in [3.05, 3.63) is 23.9 Å². The number of hydrogen-bond donors (Lipinski definition) is 1. The molecule has 1 heterocycles. The lowest BCUT2D eigenvalue weighted by Crippen LogP contribution is -2.39. The summed E-state index contributed by atoms with van der Waals surface area (Å²) < 4.78 is 41.7. The number of hydrogen-bond acceptors (Lipinski definition) is 3. The molecule has 8 heteroatoms. The molecule has 0 aliphatic heterocycles. The third-order valence-corrected chi connectivity index (χ3v) is 4.34. The van der Waals surface area contributed by atoms with Gasteiger partial charge >= 0.3 is 12.3 Å². The zero-order valence-electron chi connectivity index (χ0n) is 10.6. The molecule has 106 valence electrons. The second-order valence-corrected chi connectivity index (χ2v) is 5.73. The van der Waals surface area contributed by atoms with Gasteiger partial charge in [0.15, 0.2) is 0 Å². The average Bonchev–Trinajstić information content (AvgIpc) is 2.35. The van der Waals surface area contributed by atoms with E-state index in [-0.39, 0.29) is 11.5 Å². The van der Waals surface area contributed by atoms with E-state index in [1.54, 1.807) is 0 Å². The molecule has 4 nitrogen and oxygen atoms in total. The third-order valence-electron chi connectivity index (χ3n) is 2.57. The van der Waals surface area contributed by atoms with E-state index < -0.39 is 27.4 Å². The molecule has 0 aromatic carbocycles. The van der Waals surface area contributed by atoms with Crippen molar-refractivity contribution >= 4 is 15.6 Å². The van der Waals surface area contributed by atoms with Crippen molar-refractivity contribution in [3.63, 3.8) is 0 Å². The number of nitrogens with zero attached hydrogens (tertiary/aromatic N) is 1. The van der Waals surface area contributed by atoms with Crippen molar-refractivity contribution in [3.8, 4) is 5.88 Å². The van der Waals surface area contributed by atoms with Gasteiger partial charge < -0.3 is 10.1 Å². The van der Waals surface area contributed by atoms with E-state index in [4.69, 9.17) is 4.74 Å². The number of rotatable bonds is 4. The highest BCUT2D eigenvalue weighted by Crippen LogP contribution is 2.29. The van der Waals surface area contributed by atoms with Gasteiger partial charge in [0.25, 0.3) is 0 Å². The zero-order valence-corrected chi connectivity index (χ0v) is 12.0. The summed E-state index contributed by atoms with van der Waals surface area (Å²) in [6.45, 7) is 3.99. The topological polar surface area (TPSA) is 51.2 Å². The molecule has 1 N–H and O–H groups in total. The molecule has 0 spiro atoms. The highest BCUT2D eigenvalue weighted by molar-refractivity contribution is 6.36. The normalized spacial score (nSPS) is 13.5. The van der Waals surface area contributed by atoms with Crippen LogP contribution in [0.15, 0.2) is 18.3 Å². The lowest BCUT2D eigenvalue weighted by atomic mass is 10.3. The van der Waals surface area contributed by atoms with E-state index in [1.165, 1.54) is 0 Å². The van der Waals surface area contributed by atoms with Crippen LogP contribution < -0.4 is 10.1 Å². The van der Waals surface area contributed by atoms with Crippen LogP contribution in [-0.4, -0.2) is 26.3 Å². The van der Waals surface area contributed by atoms with Crippen LogP contribution in [0.5, 0.6) is 5.88 Å². The van der Waals surface area contributed by atoms with Crippen molar-refractivity contribution in [1.29, 1.82) is 0 Å². The Labute approximate surface area is 111 Å². The summed E-state index contributed by atoms with van der Waals surface area (Å²) in [6.07, 6.45) is -3.70. The number of pyridine rings is 1. The lowest BCUT2D eigenvalue weighted by molar-refractivity contribution is -0.137. The van der Waals surface area contributed by atoms with Crippen LogP contribution in [0.1, 0.15) is 18.9 Å². The maximum absolute atomic E-state index is 12.3. The quantitative estimate of drug-likeness (QED) is 0.865. The van der Waals surface area contributed by atoms with Gasteiger partial charge in [0.2, 0.25) is 5.88 Å². The predicted molar refractivity (Wildman–Crippen MR) is 66.9 cm³/mol. The van der Waals surface area contributed by atoms with E-state index in [2.05, 4.69) is 10.3 Å². The monoisotopic (exact) mass is 292 g/mol. The van der Waals surface area contributed by atoms with E-state index in [0.29, 0.717) is 6.20 Å². The highest BCUT2D eigenvalue weighted by Gasteiger charge is 2.30. The van der Waals surface area contributed by atoms with E-state index in [1.807, 2.05) is 13.5 Å². The molecule has 1 amide bonds. The fourth-order valence-electron chi connectivity index (χ4n) is 1.39. The van der Waals surface area contributed by atoms with Gasteiger partial charge in [-0.3, -0.25) is 0 Å². The Morgan fingerprint density at radius 1 is 1.53 bits per heavy atom. The van der Waals surface area contributed by atoms with Gasteiger partial charge in [-0.05, 0) is 12.5 Å². The Hall–Kier alpha value is -1.57. The summed E-state index contributed by atoms with van der Waals surface area (Å²) in [7, 11) is -0.410. The van der Waals surface area contributed by atoms with Gasteiger partial charge in [-0.25, -0.2) is 9.78 Å². The van der Waals surface area contributed by atoms with Gasteiger partial charge in [-0.1, -0.05) is 13.5 Å². The summed E-state index contributed by atoms with van der Waals surface area (Å²) in [5.74, 6) is -0.155. The summed E-state index contributed by atoms with van der Waals surface area (Å²) in [6, 6.07) is 1.84. The number of amides is 1. The van der Waals surface area contributed by atoms with Gasteiger partial charge in [0.05, 0.1) is 5.56 Å². The standard InChI is InChI=1S/C11H15F3N2O2Si/c1-3-9(19-2)16-10(17)18-8-5-4-7(6-15-8)11(12,13)14/h4-6,9H,3,19H2,1-2H3,(H,16,17). The second kappa shape index (κ2) is 6.55. The Kier molecular flexibility index (Phi) is 5.34. The molecule has 0 radical (unpaired) electrons. The first-order chi connectivity index (χ1) is 8.86. The maximum Gasteiger partial charge on any atom is 0.417 e. The first kappa shape index (κ1) is 15.5. The predicted octanol–water partition coefficient (Wildman–Crippen LogP) is 2.14. The molecule has 1 atom stereocenters. The fraction of sp³-hybridized carbons (Fsp3) is 0.455. The van der Waals surface area contributed by atoms with Crippen molar-refractivity contribution in [2.75, 3.05) is 0 Å². The van der Waals surface area contributed by atoms with Crippen LogP contribution in [-0.2, 0) is 6.18 Å². The Morgan fingerprint density at radius 3 is 2.63 bits per heavy atom. The van der Waals surface area contributed by atoms with Gasteiger partial charge in [0.1, 0.15) is 0 Å². The molecule has 1 rings (SSSR count). The molecule has 0 aliphatic rings. The molecule has 1 aromatic heterocycles. The zero-order chi connectivity index (χ0) is 14.5. The number of ether oxygens (including phenoxy) is 1. The van der Waals surface area contributed by atoms with Crippen LogP contribution in [0.2, 0.25) is 6.55 Å². The number of carbonyl (C=O) groups excluding carboxylic acids is 1. The SMILES string of the molecule is CCC(NC(=O)Oc1ccc(C(F)(F)F)cn1)[SiH2]C. The first-order valence-corrected chi connectivity index (χ1v) is 8.11. The molecule has 0 fully saturated rings. The molecule has 1 aromatic rings. The summed E-state index contributed by atoms with van der Waals surface area (Å²) in [5.41, 5.74) is -0.769. The maximum atomic E-state index is 12.3. The van der Waals surface area contributed by atoms with Gasteiger partial charge in [-0.2, -0.15) is 13.2 Å². The average molecular weight is 292 g/mol. The molecule has 1 unspecified atom stereocenters. The first-order valence-electron chi connectivity index (χ1n) is 5.88. The van der Waals surface area contributed by atoms with E-state index in [0.717, 1.165) is 18.6 Å². The number of alkyl halides is 3. The smallest absolute Gasteiger partial charge is 0.391 e. The van der Waals surface area contributed by atoms with Crippen LogP contribution in [0, 0.1) is 0 Å². The molecular formula is C11H15F3N2O2Si.